The third-order valence-electron chi connectivity index (χ3n) is 8.30. The maximum atomic E-state index is 11.7. The minimum atomic E-state index is -0.288. The van der Waals surface area contributed by atoms with Gasteiger partial charge in [0.1, 0.15) is 0 Å². The molecule has 0 aliphatic heterocycles. The van der Waals surface area contributed by atoms with Crippen LogP contribution in [0.25, 0.3) is 30.9 Å². The summed E-state index contributed by atoms with van der Waals surface area (Å²) in [6.07, 6.45) is 4.91. The van der Waals surface area contributed by atoms with Crippen molar-refractivity contribution in [2.24, 2.45) is 11.8 Å². The summed E-state index contributed by atoms with van der Waals surface area (Å²) in [6.45, 7) is 23.8. The first-order valence-corrected chi connectivity index (χ1v) is 17.9. The number of aryl methyl sites for hydroxylation is 4. The van der Waals surface area contributed by atoms with Gasteiger partial charge in [-0.1, -0.05) is 27.7 Å². The number of pyridine rings is 1. The molecule has 0 spiro atoms. The van der Waals surface area contributed by atoms with E-state index < -0.39 is 0 Å². The number of aliphatic hydroxyl groups excluding tert-OH is 1. The molecule has 1 N–H and O–H groups in total. The maximum Gasteiger partial charge on any atom is 0 e. The molecule has 2 aromatic heterocycles. The van der Waals surface area contributed by atoms with Crippen LogP contribution in [-0.4, -0.2) is 36.3 Å². The van der Waals surface area contributed by atoms with Gasteiger partial charge in [-0.15, -0.1) is 0 Å². The normalized spacial score (nSPS) is 12.1. The Morgan fingerprint density at radius 3 is 2.05 bits per heavy atom. The minimum Gasteiger partial charge on any atom is 0 e. The van der Waals surface area contributed by atoms with Gasteiger partial charge < -0.3 is 5.11 Å². The summed E-state index contributed by atoms with van der Waals surface area (Å²) in [5.74, 6) is 0.547. The number of nitrogens with zero attached hydrogens (tertiary/aromatic N) is 1. The van der Waals surface area contributed by atoms with Crippen LogP contribution in [-0.2, 0) is 30.3 Å². The van der Waals surface area contributed by atoms with E-state index in [0.29, 0.717) is 0 Å². The molecule has 0 aliphatic carbocycles. The van der Waals surface area contributed by atoms with E-state index in [-0.39, 0.29) is 69.3 Å². The number of rotatable bonds is 8. The largest absolute Gasteiger partial charge is 0 e. The third kappa shape index (κ3) is 9.14. The van der Waals surface area contributed by atoms with Crippen molar-refractivity contribution < 1.29 is 30.0 Å². The van der Waals surface area contributed by atoms with E-state index in [1.54, 1.807) is 3.58 Å². The van der Waals surface area contributed by atoms with Gasteiger partial charge in [-0.3, -0.25) is 4.79 Å². The van der Waals surface area contributed by atoms with E-state index in [9.17, 15) is 9.90 Å². The number of aliphatic hydroxyl groups is 1. The van der Waals surface area contributed by atoms with E-state index in [4.69, 9.17) is 4.98 Å². The van der Waals surface area contributed by atoms with Gasteiger partial charge in [0, 0.05) is 38.0 Å². The fourth-order valence-electron chi connectivity index (χ4n) is 5.85. The number of fused-ring (bicyclic) bond motifs is 2. The Morgan fingerprint density at radius 1 is 0.907 bits per heavy atom. The molecule has 0 saturated heterocycles. The molecule has 5 heteroatoms. The number of hydrogen-bond donors (Lipinski definition) is 1. The fourth-order valence-corrected chi connectivity index (χ4v) is 8.53. The van der Waals surface area contributed by atoms with Crippen molar-refractivity contribution in [2.45, 2.75) is 107 Å². The number of allylic oxidation sites excluding steroid dienone is 2. The molecule has 3 nitrogen and oxygen atoms in total. The van der Waals surface area contributed by atoms with Crippen molar-refractivity contribution in [2.75, 3.05) is 0 Å². The summed E-state index contributed by atoms with van der Waals surface area (Å²) in [4.78, 5) is 16.8. The van der Waals surface area contributed by atoms with E-state index in [2.05, 4.69) is 84.9 Å². The quantitative estimate of drug-likeness (QED) is 0.0831. The summed E-state index contributed by atoms with van der Waals surface area (Å²) in [5, 5.41) is 12.5. The first-order valence-electron chi connectivity index (χ1n) is 15.5. The van der Waals surface area contributed by atoms with Crippen molar-refractivity contribution >= 4 is 45.9 Å². The van der Waals surface area contributed by atoms with Crippen LogP contribution in [0.15, 0.2) is 42.2 Å². The van der Waals surface area contributed by atoms with Gasteiger partial charge in [0.2, 0.25) is 0 Å². The van der Waals surface area contributed by atoms with Gasteiger partial charge in [-0.05, 0) is 25.7 Å². The van der Waals surface area contributed by atoms with Crippen LogP contribution >= 0.6 is 0 Å². The molecular weight excluding hydrogens is 822 g/mol. The Kier molecular flexibility index (Phi) is 13.9. The van der Waals surface area contributed by atoms with E-state index in [1.807, 2.05) is 27.7 Å². The van der Waals surface area contributed by atoms with E-state index in [0.717, 1.165) is 42.5 Å². The first kappa shape index (κ1) is 37.4. The molecule has 0 amide bonds. The number of ketones is 1. The zero-order valence-electron chi connectivity index (χ0n) is 28.0. The maximum absolute atomic E-state index is 11.7. The molecule has 0 atom stereocenters. The second-order valence-electron chi connectivity index (χ2n) is 12.7. The molecular formula is C38H50IrNO2Te-. The molecule has 235 valence electrons. The molecule has 0 fully saturated rings. The Hall–Kier alpha value is -1.76. The van der Waals surface area contributed by atoms with Crippen LogP contribution in [0.3, 0.4) is 0 Å². The SMILES string of the molecule is CCC(CC)C(=O)/C=C(\O)C(CC)CC.Cc1cc(C)c2c(C)cc(-c3[c-]c4[te]c(C)cc4c(C(C)(C)C)c3)nc2c1.[Ir]. The first-order chi connectivity index (χ1) is 19.7. The summed E-state index contributed by atoms with van der Waals surface area (Å²) in [6, 6.07) is 15.2. The van der Waals surface area contributed by atoms with Crippen molar-refractivity contribution in [3.05, 3.63) is 74.1 Å². The summed E-state index contributed by atoms with van der Waals surface area (Å²) >= 11 is -0.288. The third-order valence-corrected chi connectivity index (χ3v) is 11.1. The zero-order valence-corrected chi connectivity index (χ0v) is 32.7. The van der Waals surface area contributed by atoms with Crippen molar-refractivity contribution in [1.29, 1.82) is 0 Å². The van der Waals surface area contributed by atoms with Gasteiger partial charge in [0.15, 0.2) is 5.78 Å². The number of aromatic nitrogens is 1. The van der Waals surface area contributed by atoms with Crippen LogP contribution in [0, 0.1) is 45.6 Å². The van der Waals surface area contributed by atoms with Gasteiger partial charge in [-0.25, -0.2) is 0 Å². The van der Waals surface area contributed by atoms with Crippen molar-refractivity contribution in [3.63, 3.8) is 0 Å². The average Bonchev–Trinajstić information content (AvgIpc) is 3.28. The molecule has 43 heavy (non-hydrogen) atoms. The van der Waals surface area contributed by atoms with Crippen LogP contribution in [0.1, 0.15) is 100.0 Å². The van der Waals surface area contributed by atoms with Crippen LogP contribution in [0.5, 0.6) is 0 Å². The standard InChI is InChI=1S/C25H26NTe.C13H24O2.Ir/c1-14-8-15(2)24-16(3)10-21(26-22(24)9-14)18-12-20(25(5,6)7)19-11-17(4)27-23(19)13-18;1-5-10(6-2)12(14)9-13(15)11(7-3)8-4;/h8-12H,1-7H3;9-11,14H,5-8H2,1-4H3;/q-1;;/b;12-9-;. The Labute approximate surface area is 283 Å². The monoisotopic (exact) mass is 875 g/mol. The fraction of sp³-hybridized carbons (Fsp3) is 0.474. The predicted molar refractivity (Wildman–Crippen MR) is 182 cm³/mol. The van der Waals surface area contributed by atoms with Gasteiger partial charge >= 0.3 is 172 Å². The second-order valence-corrected chi connectivity index (χ2v) is 16.3. The van der Waals surface area contributed by atoms with Crippen LogP contribution < -0.4 is 0 Å². The van der Waals surface area contributed by atoms with E-state index in [1.165, 1.54) is 42.5 Å². The number of benzene rings is 2. The molecule has 2 heterocycles. The van der Waals surface area contributed by atoms with Gasteiger partial charge in [0.25, 0.3) is 0 Å². The molecule has 4 aromatic rings. The predicted octanol–water partition coefficient (Wildman–Crippen LogP) is 10.3. The molecule has 1 radical (unpaired) electrons. The minimum absolute atomic E-state index is 0. The summed E-state index contributed by atoms with van der Waals surface area (Å²) in [5.41, 5.74) is 8.70. The van der Waals surface area contributed by atoms with Crippen LogP contribution in [0.2, 0.25) is 0 Å². The topological polar surface area (TPSA) is 50.2 Å². The molecule has 0 bridgehead atoms. The second kappa shape index (κ2) is 16.0. The Balaban J connectivity index is 0.000000348. The Morgan fingerprint density at radius 2 is 1.49 bits per heavy atom. The average molecular weight is 873 g/mol. The Bertz CT molecular complexity index is 1580. The van der Waals surface area contributed by atoms with Crippen molar-refractivity contribution in [1.82, 2.24) is 4.98 Å². The van der Waals surface area contributed by atoms with Crippen molar-refractivity contribution in [3.8, 4) is 11.3 Å². The van der Waals surface area contributed by atoms with E-state index >= 15 is 0 Å². The van der Waals surface area contributed by atoms with Gasteiger partial charge in [-0.2, -0.15) is 0 Å². The zero-order chi connectivity index (χ0) is 31.4. The summed E-state index contributed by atoms with van der Waals surface area (Å²) in [7, 11) is 0. The number of carbonyl (C=O) groups excluding carboxylic acids is 1. The smallest absolute Gasteiger partial charge is 0 e. The molecule has 0 unspecified atom stereocenters. The molecule has 0 aliphatic rings. The molecule has 2 aromatic carbocycles. The summed E-state index contributed by atoms with van der Waals surface area (Å²) < 4.78 is 2.99. The van der Waals surface area contributed by atoms with Gasteiger partial charge in [0.05, 0.1) is 5.76 Å². The molecule has 0 saturated carbocycles. The van der Waals surface area contributed by atoms with Crippen LogP contribution in [0.4, 0.5) is 0 Å². The molecule has 4 rings (SSSR count). The number of carbonyl (C=O) groups is 1. The number of hydrogen-bond acceptors (Lipinski definition) is 3.